The molecule has 2 atom stereocenters. The summed E-state index contributed by atoms with van der Waals surface area (Å²) in [5.74, 6) is -2.66. The van der Waals surface area contributed by atoms with Gasteiger partial charge in [-0.05, 0) is 61.4 Å². The molecule has 1 aliphatic carbocycles. The number of amides is 3. The third-order valence-electron chi connectivity index (χ3n) is 6.28. The van der Waals surface area contributed by atoms with Crippen LogP contribution >= 0.6 is 0 Å². The van der Waals surface area contributed by atoms with Gasteiger partial charge < -0.3 is 15.1 Å². The molecule has 2 N–H and O–H groups in total. The highest BCUT2D eigenvalue weighted by atomic mass is 32.2. The summed E-state index contributed by atoms with van der Waals surface area (Å²) in [6.07, 6.45) is 6.34. The van der Waals surface area contributed by atoms with Gasteiger partial charge in [-0.3, -0.25) is 23.5 Å². The molecule has 10 heteroatoms. The second kappa shape index (κ2) is 13.1. The first-order chi connectivity index (χ1) is 18.4. The van der Waals surface area contributed by atoms with Gasteiger partial charge in [0.2, 0.25) is 11.8 Å². The van der Waals surface area contributed by atoms with Crippen LogP contribution in [-0.4, -0.2) is 39.5 Å². The van der Waals surface area contributed by atoms with Crippen molar-refractivity contribution in [2.24, 2.45) is 0 Å². The molecule has 1 heterocycles. The second-order valence-corrected chi connectivity index (χ2v) is 10.6. The summed E-state index contributed by atoms with van der Waals surface area (Å²) < 4.78 is 31.6. The summed E-state index contributed by atoms with van der Waals surface area (Å²) in [5.41, 5.74) is 0.786. The van der Waals surface area contributed by atoms with Gasteiger partial charge in [0.25, 0.3) is 5.91 Å². The molecule has 2 aromatic carbocycles. The van der Waals surface area contributed by atoms with Crippen molar-refractivity contribution in [3.63, 3.8) is 0 Å². The molecular formula is C28H30FN3O5S. The highest BCUT2D eigenvalue weighted by Gasteiger charge is 2.36. The second-order valence-electron chi connectivity index (χ2n) is 9.14. The normalized spacial score (nSPS) is 15.3. The number of nitrogens with zero attached hydrogens (tertiary/aromatic N) is 1. The third-order valence-corrected chi connectivity index (χ3v) is 7.43. The third kappa shape index (κ3) is 7.38. The molecule has 1 saturated carbocycles. The first kappa shape index (κ1) is 27.3. The van der Waals surface area contributed by atoms with Crippen molar-refractivity contribution in [2.45, 2.75) is 44.2 Å². The van der Waals surface area contributed by atoms with E-state index in [4.69, 9.17) is 4.42 Å². The van der Waals surface area contributed by atoms with E-state index < -0.39 is 46.0 Å². The predicted molar refractivity (Wildman–Crippen MR) is 143 cm³/mol. The van der Waals surface area contributed by atoms with Crippen molar-refractivity contribution in [1.82, 2.24) is 5.32 Å². The minimum atomic E-state index is -1.88. The van der Waals surface area contributed by atoms with Crippen molar-refractivity contribution in [3.8, 4) is 0 Å². The Kier molecular flexibility index (Phi) is 9.42. The molecule has 1 aliphatic rings. The van der Waals surface area contributed by atoms with E-state index in [1.54, 1.807) is 42.5 Å². The average Bonchev–Trinajstić information content (AvgIpc) is 3.43. The fourth-order valence-electron chi connectivity index (χ4n) is 4.51. The lowest BCUT2D eigenvalue weighted by Crippen LogP contribution is -2.48. The number of hydrogen-bond donors (Lipinski definition) is 2. The smallest absolute Gasteiger partial charge is 0.251 e. The predicted octanol–water partition coefficient (Wildman–Crippen LogP) is 4.33. The zero-order chi connectivity index (χ0) is 26.9. The summed E-state index contributed by atoms with van der Waals surface area (Å²) in [5, 5.41) is 5.61. The molecule has 38 heavy (non-hydrogen) atoms. The Balaban J connectivity index is 1.52. The zero-order valence-electron chi connectivity index (χ0n) is 20.8. The van der Waals surface area contributed by atoms with Crippen molar-refractivity contribution in [3.05, 3.63) is 84.6 Å². The number of hydrogen-bond acceptors (Lipinski definition) is 5. The SMILES string of the molecule is O=C(C[S@](=O)CC(=O)N(c1ccccc1)[C@H](C(=O)NC1CCCCC1)c1ccco1)Nc1ccc(F)cc1. The van der Waals surface area contributed by atoms with Gasteiger partial charge in [0.1, 0.15) is 23.1 Å². The standard InChI is InChI=1S/C28H30FN3O5S/c29-20-13-15-22(16-14-20)30-25(33)18-38(36)19-26(34)32(23-10-5-2-6-11-23)27(24-12-7-17-37-24)28(35)31-21-8-3-1-4-9-21/h2,5-7,10-17,21,27H,1,3-4,8-9,18-19H2,(H,30,33)(H,31,35)/t27-,38-/m0/s1. The number of carbonyl (C=O) groups is 3. The largest absolute Gasteiger partial charge is 0.467 e. The Hall–Kier alpha value is -3.79. The number of para-hydroxylation sites is 1. The molecular weight excluding hydrogens is 509 g/mol. The number of furan rings is 1. The number of halogens is 1. The molecule has 0 unspecified atom stereocenters. The van der Waals surface area contributed by atoms with E-state index in [9.17, 15) is 23.0 Å². The van der Waals surface area contributed by atoms with Gasteiger partial charge in [-0.2, -0.15) is 0 Å². The van der Waals surface area contributed by atoms with Gasteiger partial charge in [-0.15, -0.1) is 0 Å². The van der Waals surface area contributed by atoms with E-state index in [1.807, 2.05) is 0 Å². The highest BCUT2D eigenvalue weighted by molar-refractivity contribution is 7.86. The van der Waals surface area contributed by atoms with Crippen LogP contribution in [0.15, 0.2) is 77.4 Å². The molecule has 4 rings (SSSR count). The average molecular weight is 540 g/mol. The van der Waals surface area contributed by atoms with Crippen LogP contribution in [0, 0.1) is 5.82 Å². The molecule has 8 nitrogen and oxygen atoms in total. The van der Waals surface area contributed by atoms with Crippen molar-refractivity contribution < 1.29 is 27.4 Å². The lowest BCUT2D eigenvalue weighted by atomic mass is 9.95. The molecule has 3 amide bonds. The first-order valence-corrected chi connectivity index (χ1v) is 14.0. The van der Waals surface area contributed by atoms with Crippen molar-refractivity contribution >= 4 is 39.9 Å². The number of rotatable bonds is 10. The Labute approximate surface area is 223 Å². The molecule has 0 bridgehead atoms. The Bertz CT molecular complexity index is 1250. The van der Waals surface area contributed by atoms with Crippen LogP contribution in [0.3, 0.4) is 0 Å². The Morgan fingerprint density at radius 2 is 1.66 bits per heavy atom. The molecule has 1 fully saturated rings. The molecule has 1 aromatic heterocycles. The fourth-order valence-corrected chi connectivity index (χ4v) is 5.39. The van der Waals surface area contributed by atoms with Crippen LogP contribution in [0.2, 0.25) is 0 Å². The number of benzene rings is 2. The van der Waals surface area contributed by atoms with Gasteiger partial charge in [0.05, 0.1) is 6.26 Å². The Morgan fingerprint density at radius 1 is 0.947 bits per heavy atom. The topological polar surface area (TPSA) is 109 Å². The summed E-state index contributed by atoms with van der Waals surface area (Å²) >= 11 is 0. The fraction of sp³-hybridized carbons (Fsp3) is 0.321. The van der Waals surface area contributed by atoms with Gasteiger partial charge in [-0.1, -0.05) is 37.5 Å². The maximum atomic E-state index is 13.6. The van der Waals surface area contributed by atoms with Crippen molar-refractivity contribution in [1.29, 1.82) is 0 Å². The maximum absolute atomic E-state index is 13.6. The van der Waals surface area contributed by atoms with Crippen LogP contribution in [0.4, 0.5) is 15.8 Å². The minimum Gasteiger partial charge on any atom is -0.467 e. The molecule has 0 radical (unpaired) electrons. The van der Waals surface area contributed by atoms with Crippen LogP contribution in [0.1, 0.15) is 43.9 Å². The molecule has 0 aliphatic heterocycles. The highest BCUT2D eigenvalue weighted by Crippen LogP contribution is 2.29. The summed E-state index contributed by atoms with van der Waals surface area (Å²) in [6, 6.07) is 15.9. The van der Waals surface area contributed by atoms with E-state index in [0.717, 1.165) is 32.1 Å². The quantitative estimate of drug-likeness (QED) is 0.399. The van der Waals surface area contributed by atoms with Gasteiger partial charge in [-0.25, -0.2) is 4.39 Å². The van der Waals surface area contributed by atoms with E-state index in [0.29, 0.717) is 11.4 Å². The minimum absolute atomic E-state index is 0.00530. The van der Waals surface area contributed by atoms with Crippen LogP contribution in [-0.2, 0) is 25.2 Å². The molecule has 200 valence electrons. The van der Waals surface area contributed by atoms with Gasteiger partial charge in [0, 0.05) is 28.2 Å². The van der Waals surface area contributed by atoms with Gasteiger partial charge >= 0.3 is 0 Å². The maximum Gasteiger partial charge on any atom is 0.251 e. The first-order valence-electron chi connectivity index (χ1n) is 12.5. The van der Waals surface area contributed by atoms with Crippen LogP contribution < -0.4 is 15.5 Å². The summed E-state index contributed by atoms with van der Waals surface area (Å²) in [4.78, 5) is 40.9. The van der Waals surface area contributed by atoms with E-state index >= 15 is 0 Å². The monoisotopic (exact) mass is 539 g/mol. The Morgan fingerprint density at radius 3 is 2.32 bits per heavy atom. The molecule has 0 saturated heterocycles. The molecule has 0 spiro atoms. The zero-order valence-corrected chi connectivity index (χ0v) is 21.6. The number of carbonyl (C=O) groups excluding carboxylic acids is 3. The molecule has 3 aromatic rings. The van der Waals surface area contributed by atoms with E-state index in [1.165, 1.54) is 35.4 Å². The summed E-state index contributed by atoms with van der Waals surface area (Å²) in [7, 11) is -1.88. The summed E-state index contributed by atoms with van der Waals surface area (Å²) in [6.45, 7) is 0. The number of anilines is 2. The lowest BCUT2D eigenvalue weighted by molar-refractivity contribution is -0.127. The van der Waals surface area contributed by atoms with Crippen molar-refractivity contribution in [2.75, 3.05) is 21.7 Å². The number of nitrogens with one attached hydrogen (secondary N) is 2. The van der Waals surface area contributed by atoms with Gasteiger partial charge in [0.15, 0.2) is 6.04 Å². The van der Waals surface area contributed by atoms with E-state index in [-0.39, 0.29) is 17.7 Å². The van der Waals surface area contributed by atoms with Crippen LogP contribution in [0.25, 0.3) is 0 Å². The van der Waals surface area contributed by atoms with E-state index in [2.05, 4.69) is 10.6 Å². The lowest BCUT2D eigenvalue weighted by Gasteiger charge is -2.32. The van der Waals surface area contributed by atoms with Crippen LogP contribution in [0.5, 0.6) is 0 Å².